The molecule has 4 nitrogen and oxygen atoms in total. The van der Waals surface area contributed by atoms with Crippen LogP contribution >= 0.6 is 0 Å². The molecule has 8 aliphatic rings. The number of rotatable bonds is 5. The van der Waals surface area contributed by atoms with E-state index in [0.717, 1.165) is 23.7 Å². The minimum absolute atomic E-state index is 0.576. The van der Waals surface area contributed by atoms with Crippen LogP contribution in [0.3, 0.4) is 0 Å². The van der Waals surface area contributed by atoms with Crippen molar-refractivity contribution in [2.75, 3.05) is 4.90 Å². The van der Waals surface area contributed by atoms with Gasteiger partial charge in [0.15, 0.2) is 0 Å². The lowest BCUT2D eigenvalue weighted by molar-refractivity contribution is 0.165. The van der Waals surface area contributed by atoms with Crippen molar-refractivity contribution in [3.63, 3.8) is 0 Å². The van der Waals surface area contributed by atoms with Crippen LogP contribution in [-0.2, 0) is 0 Å². The Hall–Kier alpha value is -6.00. The van der Waals surface area contributed by atoms with Crippen molar-refractivity contribution in [2.24, 2.45) is 23.7 Å². The van der Waals surface area contributed by atoms with Crippen LogP contribution in [0.5, 0.6) is 0 Å². The maximum absolute atomic E-state index is 5.57. The fourth-order valence-electron chi connectivity index (χ4n) is 15.3. The summed E-state index contributed by atoms with van der Waals surface area (Å²) >= 11 is 0. The third-order valence-electron chi connectivity index (χ3n) is 17.2. The molecule has 4 heteroatoms. The summed E-state index contributed by atoms with van der Waals surface area (Å²) in [6, 6.07) is 45.4. The van der Waals surface area contributed by atoms with E-state index >= 15 is 0 Å². The van der Waals surface area contributed by atoms with Gasteiger partial charge < -0.3 is 9.30 Å². The molecule has 4 heterocycles. The first-order valence-electron chi connectivity index (χ1n) is 23.8. The van der Waals surface area contributed by atoms with Gasteiger partial charge in [-0.2, -0.15) is 0 Å². The van der Waals surface area contributed by atoms with Crippen LogP contribution in [-0.4, -0.2) is 14.4 Å². The molecule has 4 fully saturated rings. The van der Waals surface area contributed by atoms with Gasteiger partial charge in [0, 0.05) is 61.6 Å². The predicted octanol–water partition coefficient (Wildman–Crippen LogP) is 15.2. The summed E-state index contributed by atoms with van der Waals surface area (Å²) in [6.45, 7) is 0. The number of pyridine rings is 2. The molecule has 4 aromatic heterocycles. The van der Waals surface area contributed by atoms with Gasteiger partial charge >= 0.3 is 0 Å². The molecule has 302 valence electrons. The summed E-state index contributed by atoms with van der Waals surface area (Å²) in [5, 5.41) is 5.74. The Morgan fingerprint density at radius 1 is 0.435 bits per heavy atom. The molecule has 0 N–H and O–H groups in total. The Labute approximate surface area is 363 Å². The third kappa shape index (κ3) is 4.79. The Kier molecular flexibility index (Phi) is 7.13. The maximum Gasteiger partial charge on any atom is 0.0728 e. The fourth-order valence-corrected chi connectivity index (χ4v) is 15.3. The molecule has 5 aromatic carbocycles. The van der Waals surface area contributed by atoms with Crippen molar-refractivity contribution in [1.82, 2.24) is 14.4 Å². The van der Waals surface area contributed by atoms with Gasteiger partial charge in [-0.05, 0) is 146 Å². The first kappa shape index (κ1) is 34.6. The second kappa shape index (κ2) is 12.8. The summed E-state index contributed by atoms with van der Waals surface area (Å²) in [5.41, 5.74) is 18.5. The molecule has 62 heavy (non-hydrogen) atoms. The number of aromatic nitrogens is 3. The SMILES string of the molecule is c1ccc(-c2ccccc2N(c2cc3c4c5c(ncc4n4c6cnc7c(c6c(c2)c34)C2CC3CC(CC7C3)C2)C2CC3CC(C2)CC5C3)c2ccccc2-c2ccccc2)cc1. The van der Waals surface area contributed by atoms with Gasteiger partial charge in [-0.15, -0.1) is 0 Å². The highest BCUT2D eigenvalue weighted by Crippen LogP contribution is 2.61. The highest BCUT2D eigenvalue weighted by atomic mass is 15.1. The third-order valence-corrected chi connectivity index (χ3v) is 17.2. The Morgan fingerprint density at radius 2 is 0.839 bits per heavy atom. The van der Waals surface area contributed by atoms with E-state index < -0.39 is 0 Å². The average Bonchev–Trinajstić information content (AvgIpc) is 3.69. The van der Waals surface area contributed by atoms with Crippen LogP contribution in [0.1, 0.15) is 110 Å². The number of hydrogen-bond donors (Lipinski definition) is 0. The van der Waals surface area contributed by atoms with Crippen LogP contribution in [0, 0.1) is 23.7 Å². The lowest BCUT2D eigenvalue weighted by Gasteiger charge is -2.38. The molecule has 0 saturated heterocycles. The summed E-state index contributed by atoms with van der Waals surface area (Å²) in [7, 11) is 0. The molecule has 0 aliphatic heterocycles. The van der Waals surface area contributed by atoms with Gasteiger partial charge in [0.1, 0.15) is 0 Å². The standard InChI is InChI=1S/C58H50N4/c1-3-11-37(12-4-1)44-15-7-9-17-48(44)61(49-18-10-8-16-45(49)38-13-5-2-6-14-38)43-29-46-54-50(31-59-56-41-25-33-19-34(26-41)22-39(21-33)52(54)56)62-51-32-60-57-42-27-35-20-36(28-42)24-40(23-35)53(57)55(51)47(30-43)58(46)62/h1-18,29-36,39-42H,19-28H2. The Balaban J connectivity index is 1.09. The molecule has 0 spiro atoms. The first-order valence-corrected chi connectivity index (χ1v) is 23.8. The Bertz CT molecular complexity index is 3030. The van der Waals surface area contributed by atoms with Crippen molar-refractivity contribution in [3.8, 4) is 22.3 Å². The topological polar surface area (TPSA) is 33.4 Å². The van der Waals surface area contributed by atoms with Gasteiger partial charge in [0.2, 0.25) is 0 Å². The summed E-state index contributed by atoms with van der Waals surface area (Å²) in [4.78, 5) is 13.7. The second-order valence-electron chi connectivity index (χ2n) is 20.6. The average molecular weight is 803 g/mol. The molecule has 4 atom stereocenters. The van der Waals surface area contributed by atoms with Gasteiger partial charge in [0.05, 0.1) is 40.3 Å². The minimum atomic E-state index is 0.576. The fraction of sp³-hybridized carbons (Fsp3) is 0.310. The van der Waals surface area contributed by atoms with Gasteiger partial charge in [0.25, 0.3) is 0 Å². The van der Waals surface area contributed by atoms with E-state index in [4.69, 9.17) is 9.97 Å². The number of anilines is 3. The largest absolute Gasteiger partial charge is 0.309 e. The molecular formula is C58H50N4. The second-order valence-corrected chi connectivity index (χ2v) is 20.6. The highest BCUT2D eigenvalue weighted by molar-refractivity contribution is 6.26. The van der Waals surface area contributed by atoms with E-state index in [9.17, 15) is 0 Å². The Morgan fingerprint density at radius 3 is 1.29 bits per heavy atom. The molecule has 8 aliphatic carbocycles. The zero-order valence-electron chi connectivity index (χ0n) is 35.2. The summed E-state index contributed by atoms with van der Waals surface area (Å²) in [6.07, 6.45) is 18.0. The smallest absolute Gasteiger partial charge is 0.0728 e. The number of hydrogen-bond acceptors (Lipinski definition) is 3. The zero-order chi connectivity index (χ0) is 40.2. The van der Waals surface area contributed by atoms with E-state index in [1.807, 2.05) is 0 Å². The predicted molar refractivity (Wildman–Crippen MR) is 253 cm³/mol. The van der Waals surface area contributed by atoms with E-state index in [-0.39, 0.29) is 0 Å². The highest BCUT2D eigenvalue weighted by Gasteiger charge is 2.46. The number of fused-ring (bicyclic) bond motifs is 6. The van der Waals surface area contributed by atoms with E-state index in [1.165, 1.54) is 153 Å². The van der Waals surface area contributed by atoms with Crippen LogP contribution in [0.4, 0.5) is 17.1 Å². The number of benzene rings is 5. The van der Waals surface area contributed by atoms with Gasteiger partial charge in [-0.3, -0.25) is 9.97 Å². The summed E-state index contributed by atoms with van der Waals surface area (Å²) in [5.74, 6) is 5.65. The van der Waals surface area contributed by atoms with Crippen LogP contribution < -0.4 is 4.90 Å². The van der Waals surface area contributed by atoms with E-state index in [0.29, 0.717) is 23.7 Å². The van der Waals surface area contributed by atoms with Crippen molar-refractivity contribution in [2.45, 2.75) is 87.9 Å². The normalized spacial score (nSPS) is 26.7. The molecule has 0 radical (unpaired) electrons. The van der Waals surface area contributed by atoms with Crippen LogP contribution in [0.2, 0.25) is 0 Å². The van der Waals surface area contributed by atoms with Crippen LogP contribution in [0.25, 0.3) is 60.3 Å². The molecule has 4 unspecified atom stereocenters. The molecule has 0 amide bonds. The van der Waals surface area contributed by atoms with Crippen LogP contribution in [0.15, 0.2) is 134 Å². The van der Waals surface area contributed by atoms with Crippen molar-refractivity contribution < 1.29 is 0 Å². The molecule has 4 saturated carbocycles. The zero-order valence-corrected chi connectivity index (χ0v) is 35.2. The molecule has 8 bridgehead atoms. The van der Waals surface area contributed by atoms with E-state index in [2.05, 4.69) is 143 Å². The van der Waals surface area contributed by atoms with Crippen molar-refractivity contribution in [1.29, 1.82) is 0 Å². The van der Waals surface area contributed by atoms with E-state index in [1.54, 1.807) is 11.1 Å². The molecule has 17 rings (SSSR count). The molecular weight excluding hydrogens is 753 g/mol. The number of para-hydroxylation sites is 2. The van der Waals surface area contributed by atoms with Crippen molar-refractivity contribution in [3.05, 3.63) is 156 Å². The monoisotopic (exact) mass is 802 g/mol. The maximum atomic E-state index is 5.57. The molecule has 9 aromatic rings. The van der Waals surface area contributed by atoms with Gasteiger partial charge in [-0.25, -0.2) is 0 Å². The number of nitrogens with zero attached hydrogens (tertiary/aromatic N) is 4. The first-order chi connectivity index (χ1) is 30.7. The summed E-state index contributed by atoms with van der Waals surface area (Å²) < 4.78 is 2.64. The lowest BCUT2D eigenvalue weighted by atomic mass is 9.67. The van der Waals surface area contributed by atoms with Gasteiger partial charge in [-0.1, -0.05) is 97.1 Å². The lowest BCUT2D eigenvalue weighted by Crippen LogP contribution is -2.25. The quantitative estimate of drug-likeness (QED) is 0.174. The van der Waals surface area contributed by atoms with Crippen molar-refractivity contribution >= 4 is 55.2 Å². The minimum Gasteiger partial charge on any atom is -0.309 e.